The van der Waals surface area contributed by atoms with E-state index in [4.69, 9.17) is 4.42 Å². The number of hydrogen-bond acceptors (Lipinski definition) is 2. The Morgan fingerprint density at radius 3 is 1.72 bits per heavy atom. The van der Waals surface area contributed by atoms with Gasteiger partial charge in [-0.25, -0.2) is 0 Å². The van der Waals surface area contributed by atoms with Gasteiger partial charge in [-0.2, -0.15) is 0 Å². The number of nitrogens with zero attached hydrogens (tertiary/aromatic N) is 1. The Bertz CT molecular complexity index is 3090. The van der Waals surface area contributed by atoms with Crippen molar-refractivity contribution in [1.29, 1.82) is 0 Å². The average Bonchev–Trinajstić information content (AvgIpc) is 3.88. The molecule has 2 nitrogen and oxygen atoms in total. The Hall–Kier alpha value is -7.42. The van der Waals surface area contributed by atoms with Crippen molar-refractivity contribution in [3.63, 3.8) is 0 Å². The van der Waals surface area contributed by atoms with E-state index >= 15 is 0 Å². The van der Waals surface area contributed by atoms with Crippen LogP contribution < -0.4 is 4.90 Å². The van der Waals surface area contributed by atoms with Crippen molar-refractivity contribution in [3.8, 4) is 33.4 Å². The minimum Gasteiger partial charge on any atom is -0.456 e. The molecule has 1 unspecified atom stereocenters. The first-order valence-corrected chi connectivity index (χ1v) is 19.5. The molecule has 1 atom stereocenters. The smallest absolute Gasteiger partial charge is 0.135 e. The molecule has 0 bridgehead atoms. The summed E-state index contributed by atoms with van der Waals surface area (Å²) in [6.07, 6.45) is 4.08. The normalized spacial score (nSPS) is 15.9. The number of allylic oxidation sites excluding steroid dienone is 4. The zero-order valence-electron chi connectivity index (χ0n) is 31.3. The van der Waals surface area contributed by atoms with Crippen LogP contribution in [-0.4, -0.2) is 0 Å². The zero-order chi connectivity index (χ0) is 38.1. The molecule has 57 heavy (non-hydrogen) atoms. The van der Waals surface area contributed by atoms with Gasteiger partial charge in [0.2, 0.25) is 0 Å². The minimum atomic E-state index is -0.521. The van der Waals surface area contributed by atoms with Crippen molar-refractivity contribution in [3.05, 3.63) is 241 Å². The third-order valence-corrected chi connectivity index (χ3v) is 12.0. The SMILES string of the molecule is C=C/C=C1\C(=C)c2ccccc2C12c1ccccc1-c1ccc(N(c3ccc(-c4ccccc4)cc3)c3ccc(-c4ccc5oc6ccccc6c5c4)cc3)cc12. The number of rotatable bonds is 6. The van der Waals surface area contributed by atoms with Gasteiger partial charge in [-0.15, -0.1) is 0 Å². The molecule has 1 aromatic heterocycles. The van der Waals surface area contributed by atoms with Crippen LogP contribution in [0.25, 0.3) is 60.9 Å². The predicted molar refractivity (Wildman–Crippen MR) is 238 cm³/mol. The summed E-state index contributed by atoms with van der Waals surface area (Å²) in [6, 6.07) is 67.8. The van der Waals surface area contributed by atoms with Gasteiger partial charge in [0, 0.05) is 27.8 Å². The number of para-hydroxylation sites is 1. The highest BCUT2D eigenvalue weighted by molar-refractivity contribution is 6.06. The number of anilines is 3. The Morgan fingerprint density at radius 2 is 0.982 bits per heavy atom. The van der Waals surface area contributed by atoms with Crippen LogP contribution in [0, 0.1) is 0 Å². The van der Waals surface area contributed by atoms with Gasteiger partial charge in [-0.05, 0) is 121 Å². The van der Waals surface area contributed by atoms with E-state index in [9.17, 15) is 0 Å². The molecule has 1 heterocycles. The van der Waals surface area contributed by atoms with Crippen LogP contribution >= 0.6 is 0 Å². The lowest BCUT2D eigenvalue weighted by atomic mass is 9.70. The van der Waals surface area contributed by atoms with Crippen LogP contribution in [0.1, 0.15) is 22.3 Å². The topological polar surface area (TPSA) is 16.4 Å². The third-order valence-electron chi connectivity index (χ3n) is 12.0. The van der Waals surface area contributed by atoms with Gasteiger partial charge in [0.05, 0.1) is 5.41 Å². The summed E-state index contributed by atoms with van der Waals surface area (Å²) in [7, 11) is 0. The number of benzene rings is 8. The molecule has 2 aliphatic carbocycles. The molecule has 0 N–H and O–H groups in total. The summed E-state index contributed by atoms with van der Waals surface area (Å²) in [5.41, 5.74) is 18.9. The molecule has 0 aliphatic heterocycles. The maximum Gasteiger partial charge on any atom is 0.135 e. The highest BCUT2D eigenvalue weighted by atomic mass is 16.3. The first-order valence-electron chi connectivity index (χ1n) is 19.5. The van der Waals surface area contributed by atoms with Gasteiger partial charge in [0.25, 0.3) is 0 Å². The molecular formula is C55H37NO. The maximum absolute atomic E-state index is 6.14. The van der Waals surface area contributed by atoms with E-state index in [2.05, 4.69) is 200 Å². The number of hydrogen-bond donors (Lipinski definition) is 0. The minimum absolute atomic E-state index is 0.521. The fourth-order valence-corrected chi connectivity index (χ4v) is 9.51. The molecule has 2 heteroatoms. The molecule has 0 fully saturated rings. The van der Waals surface area contributed by atoms with Crippen molar-refractivity contribution < 1.29 is 4.42 Å². The molecule has 0 saturated heterocycles. The van der Waals surface area contributed by atoms with E-state index < -0.39 is 5.41 Å². The fourth-order valence-electron chi connectivity index (χ4n) is 9.51. The summed E-state index contributed by atoms with van der Waals surface area (Å²) >= 11 is 0. The summed E-state index contributed by atoms with van der Waals surface area (Å²) < 4.78 is 6.14. The Morgan fingerprint density at radius 1 is 0.439 bits per heavy atom. The second kappa shape index (κ2) is 12.8. The molecule has 11 rings (SSSR count). The first kappa shape index (κ1) is 33.0. The van der Waals surface area contributed by atoms with E-state index in [1.807, 2.05) is 18.2 Å². The largest absolute Gasteiger partial charge is 0.456 e. The van der Waals surface area contributed by atoms with Crippen LogP contribution in [0.2, 0.25) is 0 Å². The van der Waals surface area contributed by atoms with Gasteiger partial charge < -0.3 is 9.32 Å². The number of fused-ring (bicyclic) bond motifs is 10. The molecule has 0 saturated carbocycles. The second-order valence-electron chi connectivity index (χ2n) is 15.0. The quantitative estimate of drug-likeness (QED) is 0.170. The predicted octanol–water partition coefficient (Wildman–Crippen LogP) is 14.8. The maximum atomic E-state index is 6.14. The first-order chi connectivity index (χ1) is 28.1. The van der Waals surface area contributed by atoms with E-state index in [0.29, 0.717) is 0 Å². The molecular weight excluding hydrogens is 691 g/mol. The van der Waals surface area contributed by atoms with Crippen molar-refractivity contribution in [2.45, 2.75) is 5.41 Å². The van der Waals surface area contributed by atoms with Crippen molar-refractivity contribution in [2.75, 3.05) is 4.90 Å². The van der Waals surface area contributed by atoms with Crippen molar-refractivity contribution in [2.24, 2.45) is 0 Å². The summed E-state index contributed by atoms with van der Waals surface area (Å²) in [5, 5.41) is 2.26. The second-order valence-corrected chi connectivity index (χ2v) is 15.0. The summed E-state index contributed by atoms with van der Waals surface area (Å²) in [4.78, 5) is 2.38. The molecule has 2 aliphatic rings. The Labute approximate surface area is 332 Å². The lowest BCUT2D eigenvalue weighted by Crippen LogP contribution is -2.26. The number of furan rings is 1. The molecule has 0 radical (unpaired) electrons. The summed E-state index contributed by atoms with van der Waals surface area (Å²) in [6.45, 7) is 8.84. The third kappa shape index (κ3) is 4.91. The monoisotopic (exact) mass is 727 g/mol. The Kier molecular flexibility index (Phi) is 7.42. The van der Waals surface area contributed by atoms with E-state index in [0.717, 1.165) is 55.7 Å². The van der Waals surface area contributed by atoms with Crippen LogP contribution in [0.5, 0.6) is 0 Å². The van der Waals surface area contributed by atoms with Crippen LogP contribution in [0.3, 0.4) is 0 Å². The van der Waals surface area contributed by atoms with Gasteiger partial charge in [-0.1, -0.05) is 159 Å². The van der Waals surface area contributed by atoms with Gasteiger partial charge in [0.1, 0.15) is 11.2 Å². The van der Waals surface area contributed by atoms with Gasteiger partial charge >= 0.3 is 0 Å². The van der Waals surface area contributed by atoms with Crippen molar-refractivity contribution in [1.82, 2.24) is 0 Å². The molecule has 8 aromatic carbocycles. The van der Waals surface area contributed by atoms with Crippen LogP contribution in [-0.2, 0) is 5.41 Å². The average molecular weight is 728 g/mol. The van der Waals surface area contributed by atoms with Gasteiger partial charge in [-0.3, -0.25) is 0 Å². The highest BCUT2D eigenvalue weighted by Crippen LogP contribution is 2.64. The van der Waals surface area contributed by atoms with E-state index in [-0.39, 0.29) is 0 Å². The molecule has 0 amide bonds. The van der Waals surface area contributed by atoms with Crippen LogP contribution in [0.15, 0.2) is 223 Å². The Balaban J connectivity index is 1.09. The highest BCUT2D eigenvalue weighted by Gasteiger charge is 2.52. The standard InChI is InChI=1S/C55H37NO/c1-3-13-49-36(2)44-16-7-10-19-50(44)55(49)51-20-11-8-17-45(51)46-32-31-43(35-52(46)55)56(41-27-22-38(23-28-41)37-14-5-4-6-15-37)42-29-24-39(25-30-42)40-26-33-54-48(34-40)47-18-9-12-21-53(47)57-54/h3-35H,1-2H2/b49-13+. The molecule has 9 aromatic rings. The van der Waals surface area contributed by atoms with Gasteiger partial charge in [0.15, 0.2) is 0 Å². The fraction of sp³-hybridized carbons (Fsp3) is 0.0182. The zero-order valence-corrected chi connectivity index (χ0v) is 31.3. The van der Waals surface area contributed by atoms with E-state index in [1.165, 1.54) is 50.1 Å². The lowest BCUT2D eigenvalue weighted by molar-refractivity contribution is 0.669. The van der Waals surface area contributed by atoms with Crippen LogP contribution in [0.4, 0.5) is 17.1 Å². The molecule has 1 spiro atoms. The molecule has 268 valence electrons. The van der Waals surface area contributed by atoms with Crippen molar-refractivity contribution >= 4 is 44.6 Å². The lowest BCUT2D eigenvalue weighted by Gasteiger charge is -2.32. The van der Waals surface area contributed by atoms with E-state index in [1.54, 1.807) is 0 Å². The summed E-state index contributed by atoms with van der Waals surface area (Å²) in [5.74, 6) is 0.